The molecule has 0 aliphatic carbocycles. The van der Waals surface area contributed by atoms with Gasteiger partial charge in [-0.25, -0.2) is 4.98 Å². The van der Waals surface area contributed by atoms with Crippen LogP contribution in [0.4, 0.5) is 5.69 Å². The number of rotatable bonds is 8. The number of nitro benzene ring substituents is 1. The maximum absolute atomic E-state index is 12.8. The number of hydrogen-bond acceptors (Lipinski definition) is 7. The van der Waals surface area contributed by atoms with Crippen molar-refractivity contribution in [1.82, 2.24) is 20.4 Å². The lowest BCUT2D eigenvalue weighted by molar-refractivity contribution is -0.384. The molecule has 1 aromatic heterocycles. The van der Waals surface area contributed by atoms with Crippen LogP contribution in [-0.4, -0.2) is 32.0 Å². The number of para-hydroxylation sites is 1. The highest BCUT2D eigenvalue weighted by atomic mass is 32.2. The molecule has 11 heteroatoms. The van der Waals surface area contributed by atoms with Gasteiger partial charge in [0.1, 0.15) is 0 Å². The van der Waals surface area contributed by atoms with E-state index >= 15 is 0 Å². The van der Waals surface area contributed by atoms with E-state index in [0.717, 1.165) is 24.6 Å². The van der Waals surface area contributed by atoms with E-state index in [1.54, 1.807) is 28.8 Å². The summed E-state index contributed by atoms with van der Waals surface area (Å²) in [5.74, 6) is -1.17. The van der Waals surface area contributed by atoms with Crippen LogP contribution in [0.2, 0.25) is 0 Å². The van der Waals surface area contributed by atoms with Gasteiger partial charge in [-0.3, -0.25) is 39.9 Å². The van der Waals surface area contributed by atoms with Gasteiger partial charge in [0.05, 0.1) is 21.6 Å². The van der Waals surface area contributed by atoms with Crippen molar-refractivity contribution in [3.05, 3.63) is 74.6 Å². The Hall–Kier alpha value is -3.73. The summed E-state index contributed by atoms with van der Waals surface area (Å²) >= 11 is 1.10. The highest BCUT2D eigenvalue weighted by Crippen LogP contribution is 2.18. The van der Waals surface area contributed by atoms with Crippen molar-refractivity contribution >= 4 is 40.2 Å². The number of aromatic nitrogens is 2. The van der Waals surface area contributed by atoms with Gasteiger partial charge in [0.2, 0.25) is 5.91 Å². The lowest BCUT2D eigenvalue weighted by atomic mass is 10.2. The molecule has 0 fully saturated rings. The van der Waals surface area contributed by atoms with Crippen molar-refractivity contribution in [2.24, 2.45) is 0 Å². The van der Waals surface area contributed by atoms with Crippen LogP contribution in [0.25, 0.3) is 10.9 Å². The maximum atomic E-state index is 12.8. The number of nitrogens with one attached hydrogen (secondary N) is 2. The Morgan fingerprint density at radius 2 is 1.84 bits per heavy atom. The van der Waals surface area contributed by atoms with Gasteiger partial charge in [0, 0.05) is 24.2 Å². The van der Waals surface area contributed by atoms with Crippen molar-refractivity contribution in [2.75, 3.05) is 5.75 Å². The van der Waals surface area contributed by atoms with Crippen molar-refractivity contribution in [2.45, 2.75) is 31.5 Å². The van der Waals surface area contributed by atoms with Crippen LogP contribution in [0.3, 0.4) is 0 Å². The SMILES string of the molecule is CCCCn1c(SCC(=O)NNC(=O)c2ccc([N+](=O)[O-])cc2)nc2ccccc2c1=O. The van der Waals surface area contributed by atoms with Gasteiger partial charge >= 0.3 is 0 Å². The minimum Gasteiger partial charge on any atom is -0.287 e. The Balaban J connectivity index is 1.64. The first-order valence-electron chi connectivity index (χ1n) is 9.86. The fourth-order valence-corrected chi connectivity index (χ4v) is 3.70. The molecule has 0 aliphatic rings. The largest absolute Gasteiger partial charge is 0.287 e. The summed E-state index contributed by atoms with van der Waals surface area (Å²) in [5.41, 5.74) is 4.98. The number of non-ortho nitro benzene ring substituents is 1. The molecule has 3 rings (SSSR count). The summed E-state index contributed by atoms with van der Waals surface area (Å²) in [6.07, 6.45) is 1.70. The van der Waals surface area contributed by atoms with Crippen molar-refractivity contribution in [1.29, 1.82) is 0 Å². The molecule has 0 saturated heterocycles. The molecule has 2 amide bonds. The number of benzene rings is 2. The van der Waals surface area contributed by atoms with E-state index in [0.29, 0.717) is 22.6 Å². The zero-order valence-corrected chi connectivity index (χ0v) is 18.1. The van der Waals surface area contributed by atoms with Gasteiger partial charge in [-0.15, -0.1) is 0 Å². The Kier molecular flexibility index (Phi) is 7.55. The molecule has 10 nitrogen and oxygen atoms in total. The minimum absolute atomic E-state index is 0.0720. The number of fused-ring (bicyclic) bond motifs is 1. The van der Waals surface area contributed by atoms with Gasteiger partial charge in [-0.1, -0.05) is 37.2 Å². The van der Waals surface area contributed by atoms with E-state index < -0.39 is 16.7 Å². The highest BCUT2D eigenvalue weighted by Gasteiger charge is 2.14. The molecule has 0 saturated carbocycles. The van der Waals surface area contributed by atoms with Crippen LogP contribution in [-0.2, 0) is 11.3 Å². The van der Waals surface area contributed by atoms with Crippen molar-refractivity contribution < 1.29 is 14.5 Å². The van der Waals surface area contributed by atoms with Gasteiger partial charge in [-0.05, 0) is 30.7 Å². The summed E-state index contributed by atoms with van der Waals surface area (Å²) < 4.78 is 1.57. The Morgan fingerprint density at radius 1 is 1.12 bits per heavy atom. The molecule has 2 N–H and O–H groups in total. The second-order valence-electron chi connectivity index (χ2n) is 6.82. The van der Waals surface area contributed by atoms with E-state index in [2.05, 4.69) is 15.8 Å². The third-order valence-electron chi connectivity index (χ3n) is 4.55. The van der Waals surface area contributed by atoms with E-state index in [9.17, 15) is 24.5 Å². The molecule has 3 aromatic rings. The molecule has 0 atom stereocenters. The van der Waals surface area contributed by atoms with E-state index in [-0.39, 0.29) is 22.6 Å². The quantitative estimate of drug-likeness (QED) is 0.231. The predicted octanol–water partition coefficient (Wildman–Crippen LogP) is 2.66. The molecule has 0 unspecified atom stereocenters. The third-order valence-corrected chi connectivity index (χ3v) is 5.53. The smallest absolute Gasteiger partial charge is 0.269 e. The zero-order valence-electron chi connectivity index (χ0n) is 17.2. The van der Waals surface area contributed by atoms with Gasteiger partial charge in [0.25, 0.3) is 17.2 Å². The molecule has 2 aromatic carbocycles. The standard InChI is InChI=1S/C21H21N5O5S/c1-2-3-12-25-20(29)16-6-4-5-7-17(16)22-21(25)32-13-18(27)23-24-19(28)14-8-10-15(11-9-14)26(30)31/h4-11H,2-3,12-13H2,1H3,(H,23,27)(H,24,28). The number of nitro groups is 1. The van der Waals surface area contributed by atoms with E-state index in [1.807, 2.05) is 6.92 Å². The topological polar surface area (TPSA) is 136 Å². The van der Waals surface area contributed by atoms with Crippen molar-refractivity contribution in [3.63, 3.8) is 0 Å². The first kappa shape index (κ1) is 22.9. The maximum Gasteiger partial charge on any atom is 0.269 e. The summed E-state index contributed by atoms with van der Waals surface area (Å²) in [4.78, 5) is 51.8. The zero-order chi connectivity index (χ0) is 23.1. The second kappa shape index (κ2) is 10.5. The molecule has 0 bridgehead atoms. The lowest BCUT2D eigenvalue weighted by Crippen LogP contribution is -2.42. The molecule has 0 aliphatic heterocycles. The van der Waals surface area contributed by atoms with Crippen LogP contribution in [0.1, 0.15) is 30.1 Å². The molecular weight excluding hydrogens is 434 g/mol. The fraction of sp³-hybridized carbons (Fsp3) is 0.238. The minimum atomic E-state index is -0.609. The number of hydrazine groups is 1. The van der Waals surface area contributed by atoms with Crippen LogP contribution < -0.4 is 16.4 Å². The first-order valence-corrected chi connectivity index (χ1v) is 10.8. The molecule has 1 heterocycles. The number of thioether (sulfide) groups is 1. The Bertz CT molecular complexity index is 1210. The predicted molar refractivity (Wildman–Crippen MR) is 120 cm³/mol. The Labute approximate surface area is 187 Å². The monoisotopic (exact) mass is 455 g/mol. The molecular formula is C21H21N5O5S. The van der Waals surface area contributed by atoms with E-state index in [4.69, 9.17) is 0 Å². The molecule has 166 valence electrons. The number of hydrogen-bond donors (Lipinski definition) is 2. The van der Waals surface area contributed by atoms with Crippen LogP contribution in [0.5, 0.6) is 0 Å². The first-order chi connectivity index (χ1) is 15.4. The summed E-state index contributed by atoms with van der Waals surface area (Å²) in [5, 5.41) is 11.6. The van der Waals surface area contributed by atoms with Gasteiger partial charge in [0.15, 0.2) is 5.16 Å². The van der Waals surface area contributed by atoms with Crippen LogP contribution >= 0.6 is 11.8 Å². The van der Waals surface area contributed by atoms with Crippen LogP contribution in [0.15, 0.2) is 58.5 Å². The van der Waals surface area contributed by atoms with Gasteiger partial charge in [-0.2, -0.15) is 0 Å². The summed E-state index contributed by atoms with van der Waals surface area (Å²) in [6, 6.07) is 12.0. The second-order valence-corrected chi connectivity index (χ2v) is 7.76. The van der Waals surface area contributed by atoms with Crippen LogP contribution in [0, 0.1) is 10.1 Å². The number of carbonyl (C=O) groups excluding carboxylic acids is 2. The average Bonchev–Trinajstić information content (AvgIpc) is 2.80. The summed E-state index contributed by atoms with van der Waals surface area (Å²) in [6.45, 7) is 2.52. The number of carbonyl (C=O) groups is 2. The third kappa shape index (κ3) is 5.49. The number of amides is 2. The van der Waals surface area contributed by atoms with Gasteiger partial charge < -0.3 is 0 Å². The lowest BCUT2D eigenvalue weighted by Gasteiger charge is -2.13. The highest BCUT2D eigenvalue weighted by molar-refractivity contribution is 7.99. The summed E-state index contributed by atoms with van der Waals surface area (Å²) in [7, 11) is 0. The average molecular weight is 455 g/mol. The van der Waals surface area contributed by atoms with Crippen molar-refractivity contribution in [3.8, 4) is 0 Å². The molecule has 0 radical (unpaired) electrons. The Morgan fingerprint density at radius 3 is 2.53 bits per heavy atom. The molecule has 32 heavy (non-hydrogen) atoms. The number of nitrogens with zero attached hydrogens (tertiary/aromatic N) is 3. The molecule has 0 spiro atoms. The van der Waals surface area contributed by atoms with E-state index in [1.165, 1.54) is 24.3 Å². The normalized spacial score (nSPS) is 10.7. The number of unbranched alkanes of at least 4 members (excludes halogenated alkanes) is 1. The fourth-order valence-electron chi connectivity index (χ4n) is 2.87.